The maximum atomic E-state index is 12.3. The molecule has 4 heteroatoms. The quantitative estimate of drug-likeness (QED) is 0.899. The highest BCUT2D eigenvalue weighted by Gasteiger charge is 2.36. The summed E-state index contributed by atoms with van der Waals surface area (Å²) in [5.74, 6) is 1.52. The molecule has 1 saturated heterocycles. The van der Waals surface area contributed by atoms with Crippen LogP contribution in [-0.4, -0.2) is 23.0 Å². The van der Waals surface area contributed by atoms with Gasteiger partial charge in [-0.2, -0.15) is 17.0 Å². The monoisotopic (exact) mass is 272 g/mol. The van der Waals surface area contributed by atoms with Gasteiger partial charge in [-0.15, -0.1) is 0 Å². The van der Waals surface area contributed by atoms with Crippen molar-refractivity contribution in [3.63, 3.8) is 0 Å². The zero-order valence-corrected chi connectivity index (χ0v) is 11.6. The SMILES string of the molecule is N#CC1(NC(=O)c2ccc3c(c2)CCC3)CCSC1. The van der Waals surface area contributed by atoms with Gasteiger partial charge in [0.25, 0.3) is 5.91 Å². The molecule has 0 saturated carbocycles. The Hall–Kier alpha value is -1.47. The van der Waals surface area contributed by atoms with Crippen LogP contribution in [0.3, 0.4) is 0 Å². The van der Waals surface area contributed by atoms with Crippen molar-refractivity contribution in [3.05, 3.63) is 34.9 Å². The Labute approximate surface area is 117 Å². The molecule has 1 atom stereocenters. The van der Waals surface area contributed by atoms with Crippen LogP contribution in [0.5, 0.6) is 0 Å². The van der Waals surface area contributed by atoms with Gasteiger partial charge in [-0.3, -0.25) is 4.79 Å². The van der Waals surface area contributed by atoms with E-state index < -0.39 is 5.54 Å². The summed E-state index contributed by atoms with van der Waals surface area (Å²) in [5, 5.41) is 12.2. The number of carbonyl (C=O) groups excluding carboxylic acids is 1. The number of nitrogens with one attached hydrogen (secondary N) is 1. The fourth-order valence-corrected chi connectivity index (χ4v) is 4.05. The standard InChI is InChI=1S/C15H16N2OS/c16-9-15(6-7-19-10-15)17-14(18)13-5-4-11-2-1-3-12(11)8-13/h4-5,8H,1-3,6-7,10H2,(H,17,18). The topological polar surface area (TPSA) is 52.9 Å². The summed E-state index contributed by atoms with van der Waals surface area (Å²) < 4.78 is 0. The summed E-state index contributed by atoms with van der Waals surface area (Å²) in [5.41, 5.74) is 2.68. The van der Waals surface area contributed by atoms with Crippen LogP contribution in [0.2, 0.25) is 0 Å². The summed E-state index contributed by atoms with van der Waals surface area (Å²) in [6.07, 6.45) is 4.11. The largest absolute Gasteiger partial charge is 0.333 e. The lowest BCUT2D eigenvalue weighted by molar-refractivity contribution is 0.0926. The Morgan fingerprint density at radius 3 is 2.95 bits per heavy atom. The number of thioether (sulfide) groups is 1. The third-order valence-corrected chi connectivity index (χ3v) is 5.14. The molecule has 1 heterocycles. The van der Waals surface area contributed by atoms with Crippen molar-refractivity contribution < 1.29 is 4.79 Å². The molecule has 0 radical (unpaired) electrons. The van der Waals surface area contributed by atoms with E-state index in [1.54, 1.807) is 11.8 Å². The van der Waals surface area contributed by atoms with Crippen LogP contribution in [0.4, 0.5) is 0 Å². The number of fused-ring (bicyclic) bond motifs is 1. The van der Waals surface area contributed by atoms with Crippen molar-refractivity contribution >= 4 is 17.7 Å². The maximum absolute atomic E-state index is 12.3. The van der Waals surface area contributed by atoms with E-state index in [9.17, 15) is 10.1 Å². The second kappa shape index (κ2) is 4.90. The average molecular weight is 272 g/mol. The number of carbonyl (C=O) groups is 1. The van der Waals surface area contributed by atoms with E-state index in [4.69, 9.17) is 0 Å². The van der Waals surface area contributed by atoms with E-state index in [2.05, 4.69) is 17.5 Å². The molecule has 19 heavy (non-hydrogen) atoms. The van der Waals surface area contributed by atoms with E-state index in [0.29, 0.717) is 11.3 Å². The highest BCUT2D eigenvalue weighted by molar-refractivity contribution is 7.99. The Kier molecular flexibility index (Phi) is 3.24. The van der Waals surface area contributed by atoms with Gasteiger partial charge >= 0.3 is 0 Å². The van der Waals surface area contributed by atoms with Gasteiger partial charge in [0.1, 0.15) is 5.54 Å². The predicted molar refractivity (Wildman–Crippen MR) is 76.2 cm³/mol. The molecule has 1 fully saturated rings. The van der Waals surface area contributed by atoms with Crippen LogP contribution in [0.1, 0.15) is 34.3 Å². The number of rotatable bonds is 2. The number of nitriles is 1. The number of aryl methyl sites for hydroxylation is 2. The molecule has 1 N–H and O–H groups in total. The minimum atomic E-state index is -0.666. The number of nitrogens with zero attached hydrogens (tertiary/aromatic N) is 1. The van der Waals surface area contributed by atoms with Gasteiger partial charge in [0.05, 0.1) is 6.07 Å². The number of amides is 1. The zero-order chi connectivity index (χ0) is 13.3. The Bertz CT molecular complexity index is 556. The van der Waals surface area contributed by atoms with Crippen LogP contribution in [-0.2, 0) is 12.8 Å². The molecule has 1 aromatic carbocycles. The van der Waals surface area contributed by atoms with Crippen LogP contribution in [0, 0.1) is 11.3 Å². The molecule has 0 bridgehead atoms. The average Bonchev–Trinajstić information content (AvgIpc) is 3.06. The fraction of sp³-hybridized carbons (Fsp3) is 0.467. The molecule has 2 aliphatic rings. The molecule has 3 nitrogen and oxygen atoms in total. The van der Waals surface area contributed by atoms with E-state index in [-0.39, 0.29) is 5.91 Å². The third-order valence-electron chi connectivity index (χ3n) is 3.95. The molecule has 1 aliphatic heterocycles. The first-order chi connectivity index (χ1) is 9.22. The van der Waals surface area contributed by atoms with Crippen LogP contribution in [0.25, 0.3) is 0 Å². The lowest BCUT2D eigenvalue weighted by Gasteiger charge is -2.21. The van der Waals surface area contributed by atoms with Crippen molar-refractivity contribution in [1.82, 2.24) is 5.32 Å². The fourth-order valence-electron chi connectivity index (χ4n) is 2.78. The van der Waals surface area contributed by atoms with E-state index in [1.807, 2.05) is 12.1 Å². The third kappa shape index (κ3) is 2.35. The summed E-state index contributed by atoms with van der Waals surface area (Å²) in [6.45, 7) is 0. The van der Waals surface area contributed by atoms with Crippen molar-refractivity contribution in [2.24, 2.45) is 0 Å². The van der Waals surface area contributed by atoms with Crippen LogP contribution < -0.4 is 5.32 Å². The van der Waals surface area contributed by atoms with Gasteiger partial charge < -0.3 is 5.32 Å². The normalized spacial score (nSPS) is 24.8. The van der Waals surface area contributed by atoms with E-state index in [0.717, 1.165) is 25.0 Å². The number of benzene rings is 1. The lowest BCUT2D eigenvalue weighted by Crippen LogP contribution is -2.47. The van der Waals surface area contributed by atoms with E-state index in [1.165, 1.54) is 17.5 Å². The van der Waals surface area contributed by atoms with Gasteiger partial charge in [-0.25, -0.2) is 0 Å². The van der Waals surface area contributed by atoms with Crippen molar-refractivity contribution in [2.75, 3.05) is 11.5 Å². The van der Waals surface area contributed by atoms with Gasteiger partial charge in [0.15, 0.2) is 0 Å². The van der Waals surface area contributed by atoms with Gasteiger partial charge in [-0.1, -0.05) is 6.07 Å². The van der Waals surface area contributed by atoms with Crippen molar-refractivity contribution in [3.8, 4) is 6.07 Å². The van der Waals surface area contributed by atoms with Crippen molar-refractivity contribution in [2.45, 2.75) is 31.2 Å². The molecule has 0 spiro atoms. The maximum Gasteiger partial charge on any atom is 0.252 e. The molecule has 98 valence electrons. The first-order valence-corrected chi connectivity index (χ1v) is 7.81. The van der Waals surface area contributed by atoms with Gasteiger partial charge in [-0.05, 0) is 54.7 Å². The molecule has 1 aromatic rings. The second-order valence-corrected chi connectivity index (χ2v) is 6.39. The summed E-state index contributed by atoms with van der Waals surface area (Å²) >= 11 is 1.73. The summed E-state index contributed by atoms with van der Waals surface area (Å²) in [7, 11) is 0. The molecule has 0 aromatic heterocycles. The molecule has 1 unspecified atom stereocenters. The minimum absolute atomic E-state index is 0.112. The molecule has 1 amide bonds. The molecular weight excluding hydrogens is 256 g/mol. The Morgan fingerprint density at radius 1 is 1.37 bits per heavy atom. The molecule has 1 aliphatic carbocycles. The molecular formula is C15H16N2OS. The van der Waals surface area contributed by atoms with E-state index >= 15 is 0 Å². The minimum Gasteiger partial charge on any atom is -0.333 e. The predicted octanol–water partition coefficient (Wildman–Crippen LogP) is 2.30. The highest BCUT2D eigenvalue weighted by Crippen LogP contribution is 2.28. The number of hydrogen-bond acceptors (Lipinski definition) is 3. The lowest BCUT2D eigenvalue weighted by atomic mass is 9.99. The second-order valence-electron chi connectivity index (χ2n) is 5.29. The summed E-state index contributed by atoms with van der Waals surface area (Å²) in [6, 6.07) is 8.21. The van der Waals surface area contributed by atoms with Crippen LogP contribution >= 0.6 is 11.8 Å². The zero-order valence-electron chi connectivity index (χ0n) is 10.7. The Balaban J connectivity index is 1.79. The van der Waals surface area contributed by atoms with Crippen molar-refractivity contribution in [1.29, 1.82) is 5.26 Å². The summed E-state index contributed by atoms with van der Waals surface area (Å²) in [4.78, 5) is 12.3. The van der Waals surface area contributed by atoms with Gasteiger partial charge in [0.2, 0.25) is 0 Å². The highest BCUT2D eigenvalue weighted by atomic mass is 32.2. The smallest absolute Gasteiger partial charge is 0.252 e. The first-order valence-electron chi connectivity index (χ1n) is 6.66. The van der Waals surface area contributed by atoms with Crippen LogP contribution in [0.15, 0.2) is 18.2 Å². The van der Waals surface area contributed by atoms with Gasteiger partial charge in [0, 0.05) is 11.3 Å². The number of hydrogen-bond donors (Lipinski definition) is 1. The first kappa shape index (κ1) is 12.6. The Morgan fingerprint density at radius 2 is 2.21 bits per heavy atom. The molecule has 3 rings (SSSR count).